The lowest BCUT2D eigenvalue weighted by molar-refractivity contribution is 0.0527. The number of piperidine rings is 1. The van der Waals surface area contributed by atoms with Crippen molar-refractivity contribution in [2.75, 3.05) is 24.6 Å². The number of hydrogen-bond donors (Lipinski definition) is 0. The molecule has 0 spiro atoms. The minimum absolute atomic E-state index is 0.214. The lowest BCUT2D eigenvalue weighted by Crippen LogP contribution is -2.30. The van der Waals surface area contributed by atoms with Crippen molar-refractivity contribution >= 4 is 11.7 Å². The van der Waals surface area contributed by atoms with Crippen LogP contribution in [0, 0.1) is 0 Å². The van der Waals surface area contributed by atoms with Gasteiger partial charge in [0.25, 0.3) is 0 Å². The molecule has 0 saturated carbocycles. The molecule has 0 aromatic heterocycles. The number of anilines is 1. The highest BCUT2D eigenvalue weighted by Crippen LogP contribution is 2.24. The van der Waals surface area contributed by atoms with Crippen LogP contribution in [0.25, 0.3) is 0 Å². The Morgan fingerprint density at radius 3 is 2.65 bits per heavy atom. The zero-order valence-electron chi connectivity index (χ0n) is 10.3. The van der Waals surface area contributed by atoms with Crippen LogP contribution < -0.4 is 4.90 Å². The van der Waals surface area contributed by atoms with Gasteiger partial charge >= 0.3 is 5.97 Å². The Balaban J connectivity index is 2.23. The van der Waals surface area contributed by atoms with Crippen LogP contribution in [0.3, 0.4) is 0 Å². The van der Waals surface area contributed by atoms with Gasteiger partial charge in [-0.3, -0.25) is 0 Å². The van der Waals surface area contributed by atoms with E-state index < -0.39 is 0 Å². The second-order valence-corrected chi connectivity index (χ2v) is 4.29. The first kappa shape index (κ1) is 12.0. The molecular weight excluding hydrogens is 214 g/mol. The second kappa shape index (κ2) is 5.71. The number of ether oxygens (including phenoxy) is 1. The fourth-order valence-corrected chi connectivity index (χ4v) is 2.27. The van der Waals surface area contributed by atoms with Crippen molar-refractivity contribution < 1.29 is 9.53 Å². The zero-order valence-corrected chi connectivity index (χ0v) is 10.3. The maximum absolute atomic E-state index is 11.9. The molecule has 0 N–H and O–H groups in total. The number of carbonyl (C=O) groups is 1. The van der Waals surface area contributed by atoms with Gasteiger partial charge in [0, 0.05) is 13.1 Å². The van der Waals surface area contributed by atoms with Gasteiger partial charge in [-0.15, -0.1) is 0 Å². The van der Waals surface area contributed by atoms with Crippen molar-refractivity contribution in [3.05, 3.63) is 29.8 Å². The molecule has 0 unspecified atom stereocenters. The van der Waals surface area contributed by atoms with Gasteiger partial charge in [-0.1, -0.05) is 12.1 Å². The molecule has 1 fully saturated rings. The molecule has 1 aliphatic heterocycles. The minimum atomic E-state index is -0.214. The summed E-state index contributed by atoms with van der Waals surface area (Å²) in [5.41, 5.74) is 1.71. The molecular formula is C14H19NO2. The highest BCUT2D eigenvalue weighted by atomic mass is 16.5. The van der Waals surface area contributed by atoms with Crippen molar-refractivity contribution in [1.82, 2.24) is 0 Å². The molecule has 0 amide bonds. The number of esters is 1. The van der Waals surface area contributed by atoms with Crippen molar-refractivity contribution in [3.63, 3.8) is 0 Å². The fourth-order valence-electron chi connectivity index (χ4n) is 2.27. The predicted molar refractivity (Wildman–Crippen MR) is 68.5 cm³/mol. The first-order valence-corrected chi connectivity index (χ1v) is 6.34. The van der Waals surface area contributed by atoms with E-state index in [1.54, 1.807) is 0 Å². The normalized spacial score (nSPS) is 15.7. The quantitative estimate of drug-likeness (QED) is 0.752. The largest absolute Gasteiger partial charge is 0.462 e. The summed E-state index contributed by atoms with van der Waals surface area (Å²) < 4.78 is 5.09. The highest BCUT2D eigenvalue weighted by molar-refractivity contribution is 5.95. The highest BCUT2D eigenvalue weighted by Gasteiger charge is 2.18. The summed E-state index contributed by atoms with van der Waals surface area (Å²) in [5.74, 6) is -0.214. The van der Waals surface area contributed by atoms with Crippen LogP contribution in [0.4, 0.5) is 5.69 Å². The van der Waals surface area contributed by atoms with E-state index in [-0.39, 0.29) is 5.97 Å². The molecule has 92 valence electrons. The third-order valence-electron chi connectivity index (χ3n) is 3.10. The smallest absolute Gasteiger partial charge is 0.340 e. The second-order valence-electron chi connectivity index (χ2n) is 4.29. The molecule has 2 rings (SSSR count). The van der Waals surface area contributed by atoms with E-state index >= 15 is 0 Å². The average Bonchev–Trinajstić information content (AvgIpc) is 2.40. The van der Waals surface area contributed by atoms with Gasteiger partial charge in [0.1, 0.15) is 0 Å². The van der Waals surface area contributed by atoms with Crippen LogP contribution in [0.15, 0.2) is 24.3 Å². The number of para-hydroxylation sites is 1. The Morgan fingerprint density at radius 2 is 1.94 bits per heavy atom. The first-order valence-electron chi connectivity index (χ1n) is 6.34. The zero-order chi connectivity index (χ0) is 12.1. The average molecular weight is 233 g/mol. The number of hydrogen-bond acceptors (Lipinski definition) is 3. The summed E-state index contributed by atoms with van der Waals surface area (Å²) >= 11 is 0. The molecule has 3 heteroatoms. The molecule has 0 bridgehead atoms. The van der Waals surface area contributed by atoms with Crippen molar-refractivity contribution in [1.29, 1.82) is 0 Å². The lowest BCUT2D eigenvalue weighted by Gasteiger charge is -2.30. The third-order valence-corrected chi connectivity index (χ3v) is 3.10. The summed E-state index contributed by atoms with van der Waals surface area (Å²) in [6.45, 7) is 4.33. The van der Waals surface area contributed by atoms with Crippen LogP contribution in [0.5, 0.6) is 0 Å². The number of nitrogens with zero attached hydrogens (tertiary/aromatic N) is 1. The molecule has 17 heavy (non-hydrogen) atoms. The monoisotopic (exact) mass is 233 g/mol. The van der Waals surface area contributed by atoms with Crippen LogP contribution in [-0.2, 0) is 4.74 Å². The van der Waals surface area contributed by atoms with E-state index in [4.69, 9.17) is 4.74 Å². The first-order chi connectivity index (χ1) is 8.33. The van der Waals surface area contributed by atoms with Gasteiger partial charge in [0.05, 0.1) is 17.9 Å². The molecule has 1 aliphatic rings. The Bertz CT molecular complexity index is 384. The molecule has 0 atom stereocenters. The Labute approximate surface area is 102 Å². The van der Waals surface area contributed by atoms with E-state index in [0.717, 1.165) is 18.8 Å². The van der Waals surface area contributed by atoms with E-state index in [9.17, 15) is 4.79 Å². The van der Waals surface area contributed by atoms with E-state index in [1.807, 2.05) is 31.2 Å². The molecule has 1 aromatic carbocycles. The summed E-state index contributed by atoms with van der Waals surface area (Å²) in [6, 6.07) is 7.73. The molecule has 0 radical (unpaired) electrons. The van der Waals surface area contributed by atoms with Crippen LogP contribution in [0.2, 0.25) is 0 Å². The van der Waals surface area contributed by atoms with E-state index in [2.05, 4.69) is 4.90 Å². The Hall–Kier alpha value is -1.51. The molecule has 1 heterocycles. The van der Waals surface area contributed by atoms with E-state index in [0.29, 0.717) is 12.2 Å². The maximum Gasteiger partial charge on any atom is 0.340 e. The van der Waals surface area contributed by atoms with Crippen molar-refractivity contribution in [2.24, 2.45) is 0 Å². The summed E-state index contributed by atoms with van der Waals surface area (Å²) in [5, 5.41) is 0. The molecule has 1 saturated heterocycles. The number of rotatable bonds is 3. The third kappa shape index (κ3) is 2.78. The summed E-state index contributed by atoms with van der Waals surface area (Å²) in [4.78, 5) is 14.1. The van der Waals surface area contributed by atoms with Gasteiger partial charge in [-0.05, 0) is 38.3 Å². The molecule has 0 aliphatic carbocycles. The number of carbonyl (C=O) groups excluding carboxylic acids is 1. The number of benzene rings is 1. The molecule has 1 aromatic rings. The van der Waals surface area contributed by atoms with Gasteiger partial charge in [0.15, 0.2) is 0 Å². The molecule has 3 nitrogen and oxygen atoms in total. The fraction of sp³-hybridized carbons (Fsp3) is 0.500. The van der Waals surface area contributed by atoms with E-state index in [1.165, 1.54) is 19.3 Å². The summed E-state index contributed by atoms with van der Waals surface area (Å²) in [7, 11) is 0. The van der Waals surface area contributed by atoms with Crippen molar-refractivity contribution in [2.45, 2.75) is 26.2 Å². The van der Waals surface area contributed by atoms with Crippen LogP contribution in [-0.4, -0.2) is 25.7 Å². The predicted octanol–water partition coefficient (Wildman–Crippen LogP) is 2.85. The maximum atomic E-state index is 11.9. The van der Waals surface area contributed by atoms with Gasteiger partial charge in [-0.25, -0.2) is 4.79 Å². The standard InChI is InChI=1S/C14H19NO2/c1-2-17-14(16)12-8-4-5-9-13(12)15-10-6-3-7-11-15/h4-5,8-9H,2-3,6-7,10-11H2,1H3. The van der Waals surface area contributed by atoms with Crippen LogP contribution in [0.1, 0.15) is 36.5 Å². The van der Waals surface area contributed by atoms with Gasteiger partial charge in [0.2, 0.25) is 0 Å². The minimum Gasteiger partial charge on any atom is -0.462 e. The van der Waals surface area contributed by atoms with Gasteiger partial charge < -0.3 is 9.64 Å². The SMILES string of the molecule is CCOC(=O)c1ccccc1N1CCCCC1. The van der Waals surface area contributed by atoms with Gasteiger partial charge in [-0.2, -0.15) is 0 Å². The topological polar surface area (TPSA) is 29.5 Å². The van der Waals surface area contributed by atoms with Crippen LogP contribution >= 0.6 is 0 Å². The summed E-state index contributed by atoms with van der Waals surface area (Å²) in [6.07, 6.45) is 3.70. The lowest BCUT2D eigenvalue weighted by atomic mass is 10.1. The Morgan fingerprint density at radius 1 is 1.24 bits per heavy atom. The van der Waals surface area contributed by atoms with Crippen molar-refractivity contribution in [3.8, 4) is 0 Å². The Kier molecular flexibility index (Phi) is 4.02.